The topological polar surface area (TPSA) is 42.3 Å². The summed E-state index contributed by atoms with van der Waals surface area (Å²) in [5.74, 6) is -0.628. The van der Waals surface area contributed by atoms with Gasteiger partial charge in [0.05, 0.1) is 0 Å². The van der Waals surface area contributed by atoms with Crippen LogP contribution >= 0.6 is 15.9 Å². The number of nitrogens with zero attached hydrogens (tertiary/aromatic N) is 2. The van der Waals surface area contributed by atoms with Crippen LogP contribution in [-0.2, 0) is 0 Å². The largest absolute Gasteiger partial charge is 0.225 e. The van der Waals surface area contributed by atoms with E-state index in [1.54, 1.807) is 13.0 Å². The SMILES string of the molecule is Cc1cc(C(CC(c2cccc(Br)c2)c2ccccc2C)N=O)cc(F)n1. The number of hydrogen-bond acceptors (Lipinski definition) is 3. The molecule has 2 unspecified atom stereocenters. The van der Waals surface area contributed by atoms with Crippen molar-refractivity contribution < 1.29 is 4.39 Å². The lowest BCUT2D eigenvalue weighted by atomic mass is 9.82. The van der Waals surface area contributed by atoms with Crippen LogP contribution in [-0.4, -0.2) is 4.98 Å². The molecule has 1 aromatic heterocycles. The van der Waals surface area contributed by atoms with Crippen molar-refractivity contribution in [3.05, 3.63) is 104 Å². The molecule has 0 spiro atoms. The van der Waals surface area contributed by atoms with Gasteiger partial charge >= 0.3 is 0 Å². The molecule has 0 aliphatic carbocycles. The molecule has 0 aliphatic heterocycles. The van der Waals surface area contributed by atoms with E-state index in [4.69, 9.17) is 0 Å². The molecule has 138 valence electrons. The smallest absolute Gasteiger partial charge is 0.213 e. The van der Waals surface area contributed by atoms with Crippen molar-refractivity contribution in [2.24, 2.45) is 5.18 Å². The average Bonchev–Trinajstić information content (AvgIpc) is 2.63. The number of aryl methyl sites for hydroxylation is 2. The Morgan fingerprint density at radius 1 is 1.04 bits per heavy atom. The third kappa shape index (κ3) is 4.66. The number of benzene rings is 2. The summed E-state index contributed by atoms with van der Waals surface area (Å²) in [5, 5.41) is 3.33. The molecule has 0 fully saturated rings. The number of halogens is 2. The predicted molar refractivity (Wildman–Crippen MR) is 109 cm³/mol. The summed E-state index contributed by atoms with van der Waals surface area (Å²) in [5.41, 5.74) is 4.45. The first-order chi connectivity index (χ1) is 13.0. The van der Waals surface area contributed by atoms with Crippen LogP contribution in [0, 0.1) is 24.7 Å². The molecular formula is C22H20BrFN2O. The van der Waals surface area contributed by atoms with Crippen molar-refractivity contribution in [1.29, 1.82) is 0 Å². The molecule has 0 radical (unpaired) electrons. The molecule has 2 atom stereocenters. The zero-order valence-corrected chi connectivity index (χ0v) is 16.8. The first kappa shape index (κ1) is 19.4. The zero-order chi connectivity index (χ0) is 19.4. The fraction of sp³-hybridized carbons (Fsp3) is 0.227. The van der Waals surface area contributed by atoms with Gasteiger partial charge in [-0.25, -0.2) is 4.98 Å². The van der Waals surface area contributed by atoms with Crippen LogP contribution in [0.2, 0.25) is 0 Å². The minimum Gasteiger partial charge on any atom is -0.225 e. The van der Waals surface area contributed by atoms with Crippen LogP contribution < -0.4 is 0 Å². The molecule has 0 amide bonds. The maximum Gasteiger partial charge on any atom is 0.213 e. The van der Waals surface area contributed by atoms with Gasteiger partial charge in [0.1, 0.15) is 6.04 Å². The molecule has 5 heteroatoms. The summed E-state index contributed by atoms with van der Waals surface area (Å²) >= 11 is 3.53. The monoisotopic (exact) mass is 426 g/mol. The maximum absolute atomic E-state index is 13.8. The molecule has 1 heterocycles. The zero-order valence-electron chi connectivity index (χ0n) is 15.2. The molecule has 0 aliphatic rings. The highest BCUT2D eigenvalue weighted by Crippen LogP contribution is 2.38. The Balaban J connectivity index is 2.04. The highest BCUT2D eigenvalue weighted by molar-refractivity contribution is 9.10. The van der Waals surface area contributed by atoms with Gasteiger partial charge in [0, 0.05) is 16.1 Å². The van der Waals surface area contributed by atoms with Crippen molar-refractivity contribution >= 4 is 15.9 Å². The van der Waals surface area contributed by atoms with Crippen LogP contribution in [0.25, 0.3) is 0 Å². The van der Waals surface area contributed by atoms with Crippen molar-refractivity contribution in [2.75, 3.05) is 0 Å². The number of aromatic nitrogens is 1. The second kappa shape index (κ2) is 8.53. The van der Waals surface area contributed by atoms with Crippen molar-refractivity contribution in [3.63, 3.8) is 0 Å². The Labute approximate surface area is 166 Å². The molecular weight excluding hydrogens is 407 g/mol. The number of rotatable bonds is 6. The Morgan fingerprint density at radius 2 is 1.81 bits per heavy atom. The molecule has 3 aromatic rings. The number of pyridine rings is 1. The fourth-order valence-electron chi connectivity index (χ4n) is 3.45. The minimum absolute atomic E-state index is 0.0390. The van der Waals surface area contributed by atoms with E-state index in [1.807, 2.05) is 30.3 Å². The van der Waals surface area contributed by atoms with Crippen molar-refractivity contribution in [1.82, 2.24) is 4.98 Å². The van der Waals surface area contributed by atoms with Gasteiger partial charge in [-0.05, 0) is 66.8 Å². The maximum atomic E-state index is 13.8. The highest BCUT2D eigenvalue weighted by Gasteiger charge is 2.24. The first-order valence-electron chi connectivity index (χ1n) is 8.75. The van der Waals surface area contributed by atoms with Gasteiger partial charge in [0.15, 0.2) is 0 Å². The average molecular weight is 427 g/mol. The van der Waals surface area contributed by atoms with Gasteiger partial charge in [-0.15, -0.1) is 0 Å². The summed E-state index contributed by atoms with van der Waals surface area (Å²) in [4.78, 5) is 15.4. The van der Waals surface area contributed by atoms with Crippen molar-refractivity contribution in [3.8, 4) is 0 Å². The van der Waals surface area contributed by atoms with E-state index in [1.165, 1.54) is 6.07 Å². The van der Waals surface area contributed by atoms with Gasteiger partial charge in [-0.1, -0.05) is 57.5 Å². The van der Waals surface area contributed by atoms with E-state index < -0.39 is 12.0 Å². The molecule has 0 saturated carbocycles. The standard InChI is InChI=1S/C22H20BrFN2O/c1-14-6-3-4-9-19(14)20(16-7-5-8-18(23)11-16)13-21(26-27)17-10-15(2)25-22(24)12-17/h3-12,20-21H,13H2,1-2H3. The van der Waals surface area contributed by atoms with E-state index in [0.29, 0.717) is 17.7 Å². The van der Waals surface area contributed by atoms with E-state index in [-0.39, 0.29) is 5.92 Å². The van der Waals surface area contributed by atoms with Crippen LogP contribution in [0.3, 0.4) is 0 Å². The normalized spacial score (nSPS) is 13.2. The Bertz CT molecular complexity index is 940. The van der Waals surface area contributed by atoms with Crippen LogP contribution in [0.15, 0.2) is 70.3 Å². The van der Waals surface area contributed by atoms with Gasteiger partial charge in [-0.3, -0.25) is 0 Å². The van der Waals surface area contributed by atoms with Gasteiger partial charge < -0.3 is 0 Å². The van der Waals surface area contributed by atoms with Crippen LogP contribution in [0.4, 0.5) is 4.39 Å². The molecule has 0 saturated heterocycles. The Kier molecular flexibility index (Phi) is 6.11. The second-order valence-corrected chi connectivity index (χ2v) is 7.60. The number of hydrogen-bond donors (Lipinski definition) is 0. The third-order valence-electron chi connectivity index (χ3n) is 4.73. The lowest BCUT2D eigenvalue weighted by Crippen LogP contribution is -2.09. The first-order valence-corrected chi connectivity index (χ1v) is 9.54. The fourth-order valence-corrected chi connectivity index (χ4v) is 3.87. The summed E-state index contributed by atoms with van der Waals surface area (Å²) in [6.07, 6.45) is 0.452. The van der Waals surface area contributed by atoms with Gasteiger partial charge in [-0.2, -0.15) is 9.30 Å². The summed E-state index contributed by atoms with van der Waals surface area (Å²) < 4.78 is 14.7. The van der Waals surface area contributed by atoms with E-state index in [9.17, 15) is 9.30 Å². The molecule has 2 aromatic carbocycles. The predicted octanol–water partition coefficient (Wildman–Crippen LogP) is 6.63. The van der Waals surface area contributed by atoms with Gasteiger partial charge in [0.2, 0.25) is 5.95 Å². The lowest BCUT2D eigenvalue weighted by Gasteiger charge is -2.23. The minimum atomic E-state index is -0.662. The molecule has 3 rings (SSSR count). The quantitative estimate of drug-likeness (QED) is 0.327. The lowest BCUT2D eigenvalue weighted by molar-refractivity contribution is 0.557. The molecule has 0 N–H and O–H groups in total. The molecule has 27 heavy (non-hydrogen) atoms. The number of nitroso groups, excluding NO2 is 1. The van der Waals surface area contributed by atoms with Crippen LogP contribution in [0.5, 0.6) is 0 Å². The second-order valence-electron chi connectivity index (χ2n) is 6.69. The van der Waals surface area contributed by atoms with E-state index >= 15 is 0 Å². The van der Waals surface area contributed by atoms with Crippen molar-refractivity contribution in [2.45, 2.75) is 32.2 Å². The third-order valence-corrected chi connectivity index (χ3v) is 5.22. The molecule has 3 nitrogen and oxygen atoms in total. The summed E-state index contributed by atoms with van der Waals surface area (Å²) in [6, 6.07) is 18.5. The summed E-state index contributed by atoms with van der Waals surface area (Å²) in [6.45, 7) is 3.77. The Morgan fingerprint density at radius 3 is 2.48 bits per heavy atom. The van der Waals surface area contributed by atoms with Crippen LogP contribution in [0.1, 0.15) is 46.3 Å². The molecule has 0 bridgehead atoms. The Hall–Kier alpha value is -2.40. The van der Waals surface area contributed by atoms with Gasteiger partial charge in [0.25, 0.3) is 0 Å². The van der Waals surface area contributed by atoms with E-state index in [0.717, 1.165) is 21.2 Å². The highest BCUT2D eigenvalue weighted by atomic mass is 79.9. The van der Waals surface area contributed by atoms with E-state index in [2.05, 4.69) is 51.2 Å². The summed E-state index contributed by atoms with van der Waals surface area (Å²) in [7, 11) is 0.